The van der Waals surface area contributed by atoms with Crippen LogP contribution in [0.1, 0.15) is 12.7 Å². The second-order valence-electron chi connectivity index (χ2n) is 2.67. The summed E-state index contributed by atoms with van der Waals surface area (Å²) in [7, 11) is 0. The number of esters is 1. The number of thioether (sulfide) groups is 1. The van der Waals surface area contributed by atoms with Crippen LogP contribution in [0.3, 0.4) is 0 Å². The number of ether oxygens (including phenoxy) is 1. The molecule has 1 heterocycles. The zero-order valence-electron chi connectivity index (χ0n) is 8.49. The van der Waals surface area contributed by atoms with Gasteiger partial charge in [0, 0.05) is 6.07 Å². The largest absolute Gasteiger partial charge is 0.465 e. The van der Waals surface area contributed by atoms with Crippen LogP contribution in [0.2, 0.25) is 5.15 Å². The summed E-state index contributed by atoms with van der Waals surface area (Å²) in [4.78, 5) is 19.1. The molecule has 0 aliphatic carbocycles. The van der Waals surface area contributed by atoms with Gasteiger partial charge in [-0.2, -0.15) is 0 Å². The summed E-state index contributed by atoms with van der Waals surface area (Å²) in [6.07, 6.45) is 0. The van der Waals surface area contributed by atoms with Crippen LogP contribution in [0.25, 0.3) is 0 Å². The lowest BCUT2D eigenvalue weighted by atomic mass is 10.6. The first kappa shape index (κ1) is 12.3. The average molecular weight is 247 g/mol. The van der Waals surface area contributed by atoms with Gasteiger partial charge in [-0.25, -0.2) is 9.97 Å². The van der Waals surface area contributed by atoms with E-state index in [0.29, 0.717) is 22.6 Å². The quantitative estimate of drug-likeness (QED) is 0.463. The maximum Gasteiger partial charge on any atom is 0.316 e. The Morgan fingerprint density at radius 2 is 2.33 bits per heavy atom. The third kappa shape index (κ3) is 4.48. The van der Waals surface area contributed by atoms with Gasteiger partial charge in [0.25, 0.3) is 0 Å². The van der Waals surface area contributed by atoms with Crippen molar-refractivity contribution in [1.82, 2.24) is 9.97 Å². The van der Waals surface area contributed by atoms with E-state index in [-0.39, 0.29) is 11.7 Å². The molecule has 0 saturated heterocycles. The van der Waals surface area contributed by atoms with Crippen LogP contribution in [0, 0.1) is 6.92 Å². The van der Waals surface area contributed by atoms with Crippen molar-refractivity contribution < 1.29 is 9.53 Å². The number of hydrogen-bond donors (Lipinski definition) is 0. The first-order chi connectivity index (χ1) is 7.11. The van der Waals surface area contributed by atoms with Crippen LogP contribution < -0.4 is 0 Å². The van der Waals surface area contributed by atoms with Gasteiger partial charge in [0.2, 0.25) is 0 Å². The van der Waals surface area contributed by atoms with Gasteiger partial charge in [-0.3, -0.25) is 4.79 Å². The monoisotopic (exact) mass is 246 g/mol. The maximum absolute atomic E-state index is 11.1. The Morgan fingerprint density at radius 1 is 1.60 bits per heavy atom. The summed E-state index contributed by atoms with van der Waals surface area (Å²) in [6.45, 7) is 3.91. The normalized spacial score (nSPS) is 10.1. The van der Waals surface area contributed by atoms with Crippen molar-refractivity contribution >= 4 is 29.3 Å². The Morgan fingerprint density at radius 3 is 2.93 bits per heavy atom. The van der Waals surface area contributed by atoms with Crippen molar-refractivity contribution in [3.05, 3.63) is 17.0 Å². The van der Waals surface area contributed by atoms with E-state index in [2.05, 4.69) is 9.97 Å². The highest BCUT2D eigenvalue weighted by molar-refractivity contribution is 7.99. The minimum absolute atomic E-state index is 0.237. The SMILES string of the molecule is CCOC(=O)CSc1cc(Cl)nc(C)n1. The van der Waals surface area contributed by atoms with E-state index in [1.54, 1.807) is 19.9 Å². The smallest absolute Gasteiger partial charge is 0.316 e. The number of carbonyl (C=O) groups excluding carboxylic acids is 1. The Bertz CT molecular complexity index is 340. The zero-order chi connectivity index (χ0) is 11.3. The van der Waals surface area contributed by atoms with Crippen LogP contribution >= 0.6 is 23.4 Å². The molecule has 0 atom stereocenters. The summed E-state index contributed by atoms with van der Waals surface area (Å²) in [5.74, 6) is 0.574. The molecule has 0 saturated carbocycles. The molecule has 15 heavy (non-hydrogen) atoms. The lowest BCUT2D eigenvalue weighted by molar-refractivity contribution is -0.139. The molecule has 1 rings (SSSR count). The lowest BCUT2D eigenvalue weighted by Gasteiger charge is -2.02. The Hall–Kier alpha value is -0.810. The van der Waals surface area contributed by atoms with Crippen molar-refractivity contribution in [2.75, 3.05) is 12.4 Å². The van der Waals surface area contributed by atoms with E-state index in [0.717, 1.165) is 0 Å². The molecule has 0 unspecified atom stereocenters. The van der Waals surface area contributed by atoms with Crippen LogP contribution in [0.4, 0.5) is 0 Å². The number of halogens is 1. The summed E-state index contributed by atoms with van der Waals surface area (Å²) in [5.41, 5.74) is 0. The van der Waals surface area contributed by atoms with E-state index in [9.17, 15) is 4.79 Å². The second-order valence-corrected chi connectivity index (χ2v) is 4.05. The van der Waals surface area contributed by atoms with Gasteiger partial charge in [-0.15, -0.1) is 0 Å². The van der Waals surface area contributed by atoms with Gasteiger partial charge in [-0.1, -0.05) is 23.4 Å². The predicted molar refractivity (Wildman–Crippen MR) is 59.1 cm³/mol. The first-order valence-electron chi connectivity index (χ1n) is 4.41. The van der Waals surface area contributed by atoms with Gasteiger partial charge >= 0.3 is 5.97 Å². The van der Waals surface area contributed by atoms with Crippen LogP contribution in [0.15, 0.2) is 11.1 Å². The molecule has 0 aliphatic heterocycles. The Balaban J connectivity index is 2.54. The fourth-order valence-corrected chi connectivity index (χ4v) is 1.95. The molecule has 0 N–H and O–H groups in total. The number of rotatable bonds is 4. The van der Waals surface area contributed by atoms with Crippen molar-refractivity contribution in [2.24, 2.45) is 0 Å². The van der Waals surface area contributed by atoms with E-state index >= 15 is 0 Å². The zero-order valence-corrected chi connectivity index (χ0v) is 10.1. The number of carbonyl (C=O) groups is 1. The van der Waals surface area contributed by atoms with Gasteiger partial charge < -0.3 is 4.74 Å². The van der Waals surface area contributed by atoms with E-state index in [1.165, 1.54) is 11.8 Å². The Labute approximate surface area is 97.4 Å². The number of nitrogens with zero attached hydrogens (tertiary/aromatic N) is 2. The number of aryl methyl sites for hydroxylation is 1. The highest BCUT2D eigenvalue weighted by Gasteiger charge is 2.05. The summed E-state index contributed by atoms with van der Waals surface area (Å²) >= 11 is 7.03. The third-order valence-corrected chi connectivity index (χ3v) is 2.50. The highest BCUT2D eigenvalue weighted by Crippen LogP contribution is 2.18. The third-order valence-electron chi connectivity index (χ3n) is 1.43. The molecule has 0 bridgehead atoms. The number of hydrogen-bond acceptors (Lipinski definition) is 5. The fraction of sp³-hybridized carbons (Fsp3) is 0.444. The summed E-state index contributed by atoms with van der Waals surface area (Å²) in [6, 6.07) is 1.62. The van der Waals surface area contributed by atoms with E-state index < -0.39 is 0 Å². The first-order valence-corrected chi connectivity index (χ1v) is 5.77. The molecule has 82 valence electrons. The molecular weight excluding hydrogens is 236 g/mol. The summed E-state index contributed by atoms with van der Waals surface area (Å²) in [5, 5.41) is 1.06. The topological polar surface area (TPSA) is 52.1 Å². The summed E-state index contributed by atoms with van der Waals surface area (Å²) < 4.78 is 4.79. The van der Waals surface area contributed by atoms with Crippen molar-refractivity contribution in [3.63, 3.8) is 0 Å². The molecule has 0 radical (unpaired) electrons. The van der Waals surface area contributed by atoms with Gasteiger partial charge in [-0.05, 0) is 13.8 Å². The van der Waals surface area contributed by atoms with Crippen molar-refractivity contribution in [1.29, 1.82) is 0 Å². The molecule has 0 fully saturated rings. The van der Waals surface area contributed by atoms with Gasteiger partial charge in [0.1, 0.15) is 16.0 Å². The van der Waals surface area contributed by atoms with E-state index in [4.69, 9.17) is 16.3 Å². The molecule has 6 heteroatoms. The van der Waals surface area contributed by atoms with E-state index in [1.807, 2.05) is 0 Å². The maximum atomic E-state index is 11.1. The Kier molecular flexibility index (Phi) is 4.84. The molecule has 0 amide bonds. The van der Waals surface area contributed by atoms with Gasteiger partial charge in [0.05, 0.1) is 12.4 Å². The fourth-order valence-electron chi connectivity index (χ4n) is 0.915. The molecule has 4 nitrogen and oxygen atoms in total. The van der Waals surface area contributed by atoms with Crippen LogP contribution in [-0.2, 0) is 9.53 Å². The highest BCUT2D eigenvalue weighted by atomic mass is 35.5. The second kappa shape index (κ2) is 5.92. The predicted octanol–water partition coefficient (Wildman–Crippen LogP) is 2.09. The molecule has 0 aromatic carbocycles. The minimum atomic E-state index is -0.255. The van der Waals surface area contributed by atoms with Crippen LogP contribution in [0.5, 0.6) is 0 Å². The minimum Gasteiger partial charge on any atom is -0.465 e. The molecule has 1 aromatic heterocycles. The number of aromatic nitrogens is 2. The standard InChI is InChI=1S/C9H11ClN2O2S/c1-3-14-9(13)5-15-8-4-7(10)11-6(2)12-8/h4H,3,5H2,1-2H3. The van der Waals surface area contributed by atoms with Crippen molar-refractivity contribution in [2.45, 2.75) is 18.9 Å². The van der Waals surface area contributed by atoms with Crippen molar-refractivity contribution in [3.8, 4) is 0 Å². The van der Waals surface area contributed by atoms with Gasteiger partial charge in [0.15, 0.2) is 0 Å². The molecular formula is C9H11ClN2O2S. The lowest BCUT2D eigenvalue weighted by Crippen LogP contribution is -2.06. The van der Waals surface area contributed by atoms with Crippen LogP contribution in [-0.4, -0.2) is 28.3 Å². The molecule has 0 aliphatic rings. The molecule has 1 aromatic rings. The molecule has 0 spiro atoms. The average Bonchev–Trinajstić information content (AvgIpc) is 2.14.